The number of carbonyl (C=O) groups excluding carboxylic acids is 1. The molecule has 1 aliphatic rings. The van der Waals surface area contributed by atoms with Crippen LogP contribution in [-0.4, -0.2) is 25.1 Å². The van der Waals surface area contributed by atoms with Crippen molar-refractivity contribution < 1.29 is 14.3 Å². The lowest BCUT2D eigenvalue weighted by molar-refractivity contribution is 0.0679. The number of carbonyl (C=O) groups is 1. The Kier molecular flexibility index (Phi) is 4.76. The van der Waals surface area contributed by atoms with E-state index in [9.17, 15) is 4.79 Å². The summed E-state index contributed by atoms with van der Waals surface area (Å²) in [6.07, 6.45) is 2.34. The van der Waals surface area contributed by atoms with Gasteiger partial charge in [0.15, 0.2) is 5.78 Å². The van der Waals surface area contributed by atoms with Crippen LogP contribution in [0.2, 0.25) is 5.02 Å². The second-order valence-electron chi connectivity index (χ2n) is 5.31. The summed E-state index contributed by atoms with van der Waals surface area (Å²) >= 11 is 5.83. The Morgan fingerprint density at radius 3 is 2.32 bits per heavy atom. The van der Waals surface area contributed by atoms with E-state index < -0.39 is 0 Å². The monoisotopic (exact) mass is 316 g/mol. The SMILES string of the molecule is O=C(c1ccc(Cl)cc1)c1ccc(OCC2CCCO2)cc1. The van der Waals surface area contributed by atoms with Gasteiger partial charge in [-0.25, -0.2) is 0 Å². The summed E-state index contributed by atoms with van der Waals surface area (Å²) in [5.41, 5.74) is 1.25. The Balaban J connectivity index is 1.62. The number of hydrogen-bond acceptors (Lipinski definition) is 3. The molecule has 114 valence electrons. The average Bonchev–Trinajstić information content (AvgIpc) is 3.07. The smallest absolute Gasteiger partial charge is 0.193 e. The molecule has 1 aliphatic heterocycles. The zero-order chi connectivity index (χ0) is 15.4. The van der Waals surface area contributed by atoms with Crippen molar-refractivity contribution in [3.8, 4) is 5.75 Å². The number of benzene rings is 2. The lowest BCUT2D eigenvalue weighted by Crippen LogP contribution is -2.16. The Labute approximate surface area is 134 Å². The van der Waals surface area contributed by atoms with Crippen LogP contribution in [0.25, 0.3) is 0 Å². The van der Waals surface area contributed by atoms with Crippen LogP contribution in [0.15, 0.2) is 48.5 Å². The van der Waals surface area contributed by atoms with E-state index >= 15 is 0 Å². The van der Waals surface area contributed by atoms with E-state index in [1.54, 1.807) is 36.4 Å². The van der Waals surface area contributed by atoms with Gasteiger partial charge in [-0.15, -0.1) is 0 Å². The molecular formula is C18H17ClO3. The minimum Gasteiger partial charge on any atom is -0.491 e. The first-order valence-corrected chi connectivity index (χ1v) is 7.75. The molecular weight excluding hydrogens is 300 g/mol. The molecule has 0 N–H and O–H groups in total. The maximum atomic E-state index is 12.3. The van der Waals surface area contributed by atoms with Gasteiger partial charge in [-0.3, -0.25) is 4.79 Å². The molecule has 1 heterocycles. The predicted octanol–water partition coefficient (Wildman–Crippen LogP) is 4.13. The van der Waals surface area contributed by atoms with Gasteiger partial charge in [-0.1, -0.05) is 11.6 Å². The molecule has 0 amide bonds. The topological polar surface area (TPSA) is 35.5 Å². The van der Waals surface area contributed by atoms with Gasteiger partial charge in [0, 0.05) is 22.8 Å². The fraction of sp³-hybridized carbons (Fsp3) is 0.278. The standard InChI is InChI=1S/C18H17ClO3/c19-15-7-3-13(4-8-15)18(20)14-5-9-16(10-6-14)22-12-17-2-1-11-21-17/h3-10,17H,1-2,11-12H2. The molecule has 0 saturated carbocycles. The van der Waals surface area contributed by atoms with Gasteiger partial charge in [0.2, 0.25) is 0 Å². The molecule has 0 spiro atoms. The third-order valence-electron chi connectivity index (χ3n) is 3.68. The van der Waals surface area contributed by atoms with Crippen LogP contribution in [0, 0.1) is 0 Å². The van der Waals surface area contributed by atoms with Crippen molar-refractivity contribution in [2.45, 2.75) is 18.9 Å². The second-order valence-corrected chi connectivity index (χ2v) is 5.74. The van der Waals surface area contributed by atoms with Gasteiger partial charge in [-0.2, -0.15) is 0 Å². The maximum Gasteiger partial charge on any atom is 0.193 e. The Morgan fingerprint density at radius 2 is 1.73 bits per heavy atom. The Hall–Kier alpha value is -1.84. The highest BCUT2D eigenvalue weighted by atomic mass is 35.5. The van der Waals surface area contributed by atoms with Crippen molar-refractivity contribution in [3.05, 3.63) is 64.7 Å². The summed E-state index contributed by atoms with van der Waals surface area (Å²) in [5, 5.41) is 0.620. The number of ether oxygens (including phenoxy) is 2. The predicted molar refractivity (Wildman–Crippen MR) is 85.8 cm³/mol. The van der Waals surface area contributed by atoms with Crippen LogP contribution in [0.1, 0.15) is 28.8 Å². The van der Waals surface area contributed by atoms with E-state index in [1.807, 2.05) is 12.1 Å². The van der Waals surface area contributed by atoms with Crippen molar-refractivity contribution in [2.75, 3.05) is 13.2 Å². The molecule has 1 atom stereocenters. The first-order valence-electron chi connectivity index (χ1n) is 7.37. The van der Waals surface area contributed by atoms with Crippen molar-refractivity contribution in [1.29, 1.82) is 0 Å². The molecule has 2 aromatic rings. The molecule has 1 saturated heterocycles. The van der Waals surface area contributed by atoms with Crippen LogP contribution in [0.5, 0.6) is 5.75 Å². The van der Waals surface area contributed by atoms with Gasteiger partial charge < -0.3 is 9.47 Å². The van der Waals surface area contributed by atoms with Gasteiger partial charge in [0.1, 0.15) is 12.4 Å². The highest BCUT2D eigenvalue weighted by molar-refractivity contribution is 6.30. The first kappa shape index (κ1) is 15.1. The highest BCUT2D eigenvalue weighted by Gasteiger charge is 2.16. The van der Waals surface area contributed by atoms with Gasteiger partial charge >= 0.3 is 0 Å². The molecule has 2 aromatic carbocycles. The lowest BCUT2D eigenvalue weighted by atomic mass is 10.0. The van der Waals surface area contributed by atoms with E-state index in [4.69, 9.17) is 21.1 Å². The first-order chi connectivity index (χ1) is 10.7. The largest absolute Gasteiger partial charge is 0.491 e. The van der Waals surface area contributed by atoms with Crippen LogP contribution in [-0.2, 0) is 4.74 Å². The second kappa shape index (κ2) is 6.95. The van der Waals surface area contributed by atoms with Crippen LogP contribution >= 0.6 is 11.6 Å². The fourth-order valence-electron chi connectivity index (χ4n) is 2.44. The van der Waals surface area contributed by atoms with Gasteiger partial charge in [0.05, 0.1) is 6.10 Å². The third-order valence-corrected chi connectivity index (χ3v) is 3.93. The van der Waals surface area contributed by atoms with E-state index in [-0.39, 0.29) is 11.9 Å². The lowest BCUT2D eigenvalue weighted by Gasteiger charge is -2.11. The van der Waals surface area contributed by atoms with Gasteiger partial charge in [-0.05, 0) is 61.4 Å². The van der Waals surface area contributed by atoms with E-state index in [0.717, 1.165) is 25.2 Å². The van der Waals surface area contributed by atoms with Crippen molar-refractivity contribution >= 4 is 17.4 Å². The molecule has 0 aromatic heterocycles. The summed E-state index contributed by atoms with van der Waals surface area (Å²) in [5.74, 6) is 0.727. The summed E-state index contributed by atoms with van der Waals surface area (Å²) in [4.78, 5) is 12.3. The molecule has 0 radical (unpaired) electrons. The fourth-order valence-corrected chi connectivity index (χ4v) is 2.56. The maximum absolute atomic E-state index is 12.3. The number of ketones is 1. The summed E-state index contributed by atoms with van der Waals surface area (Å²) in [7, 11) is 0. The number of rotatable bonds is 5. The molecule has 1 fully saturated rings. The van der Waals surface area contributed by atoms with Crippen LogP contribution in [0.3, 0.4) is 0 Å². The Morgan fingerprint density at radius 1 is 1.09 bits per heavy atom. The van der Waals surface area contributed by atoms with E-state index in [0.29, 0.717) is 22.8 Å². The summed E-state index contributed by atoms with van der Waals surface area (Å²) < 4.78 is 11.2. The molecule has 22 heavy (non-hydrogen) atoms. The van der Waals surface area contributed by atoms with E-state index in [2.05, 4.69) is 0 Å². The minimum atomic E-state index is -0.0256. The number of hydrogen-bond donors (Lipinski definition) is 0. The van der Waals surface area contributed by atoms with Crippen LogP contribution < -0.4 is 4.74 Å². The molecule has 3 nitrogen and oxygen atoms in total. The van der Waals surface area contributed by atoms with Crippen molar-refractivity contribution in [2.24, 2.45) is 0 Å². The highest BCUT2D eigenvalue weighted by Crippen LogP contribution is 2.19. The minimum absolute atomic E-state index is 0.0256. The summed E-state index contributed by atoms with van der Waals surface area (Å²) in [6, 6.07) is 14.1. The van der Waals surface area contributed by atoms with Crippen molar-refractivity contribution in [3.63, 3.8) is 0 Å². The van der Waals surface area contributed by atoms with E-state index in [1.165, 1.54) is 0 Å². The van der Waals surface area contributed by atoms with Gasteiger partial charge in [0.25, 0.3) is 0 Å². The Bertz CT molecular complexity index is 628. The zero-order valence-corrected chi connectivity index (χ0v) is 12.9. The molecule has 0 bridgehead atoms. The molecule has 3 rings (SSSR count). The van der Waals surface area contributed by atoms with Crippen LogP contribution in [0.4, 0.5) is 0 Å². The quantitative estimate of drug-likeness (QED) is 0.778. The van der Waals surface area contributed by atoms with Crippen molar-refractivity contribution in [1.82, 2.24) is 0 Å². The summed E-state index contributed by atoms with van der Waals surface area (Å²) in [6.45, 7) is 1.38. The average molecular weight is 317 g/mol. The molecule has 1 unspecified atom stereocenters. The number of halogens is 1. The third kappa shape index (κ3) is 3.67. The zero-order valence-electron chi connectivity index (χ0n) is 12.1. The normalized spacial score (nSPS) is 17.4. The molecule has 0 aliphatic carbocycles. The molecule has 4 heteroatoms.